The standard InChI is InChI=1S/C28H32O5/c1-3-28(31)11-9-21-19-8-10-27(30)15-18(29)5-6-22(27)25(19)20(16-26(21,28)2)17-4-7-23-24(14-17)33-13-12-32-23/h1,4,7,14,19-21,30-31H,5-6,8-13,15-16H2,2H3/t19-,20+,21-,26-,27+,28-/m0/s1. The Bertz CT molecular complexity index is 1100. The Morgan fingerprint density at radius 2 is 1.88 bits per heavy atom. The lowest BCUT2D eigenvalue weighted by molar-refractivity contribution is -0.126. The molecule has 4 aliphatic carbocycles. The van der Waals surface area contributed by atoms with E-state index in [2.05, 4.69) is 25.0 Å². The normalized spacial score (nSPS) is 41.6. The number of rotatable bonds is 1. The molecule has 0 spiro atoms. The van der Waals surface area contributed by atoms with E-state index in [-0.39, 0.29) is 30.0 Å². The molecule has 0 aromatic heterocycles. The molecular formula is C28H32O5. The number of carbonyl (C=O) groups excluding carboxylic acids is 1. The van der Waals surface area contributed by atoms with Crippen LogP contribution in [0.1, 0.15) is 69.8 Å². The molecule has 5 heteroatoms. The van der Waals surface area contributed by atoms with Crippen LogP contribution in [0.4, 0.5) is 0 Å². The third-order valence-electron chi connectivity index (χ3n) is 9.60. The molecule has 174 valence electrons. The monoisotopic (exact) mass is 448 g/mol. The summed E-state index contributed by atoms with van der Waals surface area (Å²) in [5.41, 5.74) is 0.930. The van der Waals surface area contributed by atoms with Gasteiger partial charge in [-0.05, 0) is 73.6 Å². The van der Waals surface area contributed by atoms with Crippen molar-refractivity contribution >= 4 is 5.78 Å². The Morgan fingerprint density at radius 1 is 1.09 bits per heavy atom. The molecule has 0 bridgehead atoms. The lowest BCUT2D eigenvalue weighted by Gasteiger charge is -2.55. The average molecular weight is 449 g/mol. The molecule has 6 rings (SSSR count). The van der Waals surface area contributed by atoms with Crippen LogP contribution in [0.3, 0.4) is 0 Å². The van der Waals surface area contributed by atoms with E-state index in [1.165, 1.54) is 5.57 Å². The predicted octanol–water partition coefficient (Wildman–Crippen LogP) is 3.92. The minimum absolute atomic E-state index is 0.0140. The number of carbonyl (C=O) groups is 1. The Balaban J connectivity index is 1.53. The zero-order valence-electron chi connectivity index (χ0n) is 19.2. The van der Waals surface area contributed by atoms with Gasteiger partial charge in [-0.3, -0.25) is 4.79 Å². The molecule has 6 atom stereocenters. The van der Waals surface area contributed by atoms with Crippen LogP contribution >= 0.6 is 0 Å². The van der Waals surface area contributed by atoms with Gasteiger partial charge in [-0.15, -0.1) is 6.42 Å². The smallest absolute Gasteiger partial charge is 0.161 e. The topological polar surface area (TPSA) is 76.0 Å². The number of fused-ring (bicyclic) bond motifs is 5. The summed E-state index contributed by atoms with van der Waals surface area (Å²) in [6.07, 6.45) is 10.9. The van der Waals surface area contributed by atoms with Crippen molar-refractivity contribution in [2.75, 3.05) is 13.2 Å². The SMILES string of the molecule is C#C[C@]1(O)CC[C@H]2[C@@H]3CC[C@@]4(O)CC(=O)CCC4=C3[C@@H](c3ccc4c(c3)OCCO4)C[C@@]21C. The summed E-state index contributed by atoms with van der Waals surface area (Å²) in [6, 6.07) is 6.14. The lowest BCUT2D eigenvalue weighted by Crippen LogP contribution is -2.53. The summed E-state index contributed by atoms with van der Waals surface area (Å²) in [4.78, 5) is 12.3. The molecular weight excluding hydrogens is 416 g/mol. The van der Waals surface area contributed by atoms with Crippen molar-refractivity contribution in [3.63, 3.8) is 0 Å². The Morgan fingerprint density at radius 3 is 2.67 bits per heavy atom. The van der Waals surface area contributed by atoms with E-state index in [9.17, 15) is 15.0 Å². The van der Waals surface area contributed by atoms with Crippen molar-refractivity contribution in [2.24, 2.45) is 17.3 Å². The number of benzene rings is 1. The van der Waals surface area contributed by atoms with Crippen LogP contribution in [0.2, 0.25) is 0 Å². The van der Waals surface area contributed by atoms with E-state index >= 15 is 0 Å². The van der Waals surface area contributed by atoms with Gasteiger partial charge in [-0.2, -0.15) is 0 Å². The van der Waals surface area contributed by atoms with E-state index in [1.807, 2.05) is 6.07 Å². The fraction of sp³-hybridized carbons (Fsp3) is 0.607. The van der Waals surface area contributed by atoms with Gasteiger partial charge in [0.1, 0.15) is 24.6 Å². The number of allylic oxidation sites excluding steroid dienone is 1. The van der Waals surface area contributed by atoms with Crippen LogP contribution in [-0.2, 0) is 4.79 Å². The summed E-state index contributed by atoms with van der Waals surface area (Å²) in [7, 11) is 0. The first kappa shape index (κ1) is 21.3. The van der Waals surface area contributed by atoms with Gasteiger partial charge in [0.05, 0.1) is 5.60 Å². The summed E-state index contributed by atoms with van der Waals surface area (Å²) >= 11 is 0. The van der Waals surface area contributed by atoms with Crippen molar-refractivity contribution in [2.45, 2.75) is 75.4 Å². The number of hydrogen-bond donors (Lipinski definition) is 2. The zero-order chi connectivity index (χ0) is 23.0. The lowest BCUT2D eigenvalue weighted by atomic mass is 9.50. The van der Waals surface area contributed by atoms with Crippen LogP contribution in [0.25, 0.3) is 0 Å². The van der Waals surface area contributed by atoms with Crippen molar-refractivity contribution in [3.05, 3.63) is 34.9 Å². The number of Topliss-reactive ketones (excluding diaryl/α,β-unsaturated/α-hetero) is 1. The molecule has 1 aromatic carbocycles. The highest BCUT2D eigenvalue weighted by molar-refractivity contribution is 5.82. The van der Waals surface area contributed by atoms with Crippen LogP contribution < -0.4 is 9.47 Å². The van der Waals surface area contributed by atoms with Gasteiger partial charge in [-0.1, -0.05) is 24.5 Å². The molecule has 0 radical (unpaired) electrons. The van der Waals surface area contributed by atoms with Gasteiger partial charge in [0.2, 0.25) is 0 Å². The maximum Gasteiger partial charge on any atom is 0.161 e. The van der Waals surface area contributed by atoms with E-state index in [0.717, 1.165) is 41.9 Å². The quantitative estimate of drug-likeness (QED) is 0.503. The minimum Gasteiger partial charge on any atom is -0.486 e. The van der Waals surface area contributed by atoms with Gasteiger partial charge in [0.25, 0.3) is 0 Å². The van der Waals surface area contributed by atoms with E-state index in [4.69, 9.17) is 15.9 Å². The van der Waals surface area contributed by atoms with Gasteiger partial charge < -0.3 is 19.7 Å². The molecule has 33 heavy (non-hydrogen) atoms. The van der Waals surface area contributed by atoms with E-state index in [0.29, 0.717) is 38.9 Å². The van der Waals surface area contributed by atoms with Crippen LogP contribution in [-0.4, -0.2) is 40.4 Å². The first-order valence-corrected chi connectivity index (χ1v) is 12.4. The number of hydrogen-bond acceptors (Lipinski definition) is 5. The highest BCUT2D eigenvalue weighted by Crippen LogP contribution is 2.67. The van der Waals surface area contributed by atoms with Crippen LogP contribution in [0.5, 0.6) is 11.5 Å². The van der Waals surface area contributed by atoms with Crippen LogP contribution in [0.15, 0.2) is 29.3 Å². The van der Waals surface area contributed by atoms with Crippen molar-refractivity contribution < 1.29 is 24.5 Å². The van der Waals surface area contributed by atoms with Crippen molar-refractivity contribution in [3.8, 4) is 23.8 Å². The summed E-state index contributed by atoms with van der Waals surface area (Å²) in [5.74, 6) is 4.97. The Labute approximate surface area is 195 Å². The number of ketones is 1. The Kier molecular flexibility index (Phi) is 4.58. The maximum atomic E-state index is 12.3. The number of ether oxygens (including phenoxy) is 2. The molecule has 0 amide bonds. The summed E-state index contributed by atoms with van der Waals surface area (Å²) in [5, 5.41) is 23.1. The van der Waals surface area contributed by atoms with Crippen molar-refractivity contribution in [1.29, 1.82) is 0 Å². The van der Waals surface area contributed by atoms with Gasteiger partial charge in [0.15, 0.2) is 11.5 Å². The molecule has 3 saturated carbocycles. The third kappa shape index (κ3) is 2.90. The molecule has 0 unspecified atom stereocenters. The fourth-order valence-electron chi connectivity index (χ4n) is 7.92. The second kappa shape index (κ2) is 7.10. The highest BCUT2D eigenvalue weighted by Gasteiger charge is 2.63. The average Bonchev–Trinajstić information content (AvgIpc) is 3.08. The maximum absolute atomic E-state index is 12.3. The molecule has 2 N–H and O–H groups in total. The third-order valence-corrected chi connectivity index (χ3v) is 9.60. The second-order valence-electron chi connectivity index (χ2n) is 11.1. The first-order valence-electron chi connectivity index (χ1n) is 12.4. The molecule has 5 aliphatic rings. The molecule has 1 heterocycles. The van der Waals surface area contributed by atoms with Gasteiger partial charge >= 0.3 is 0 Å². The van der Waals surface area contributed by atoms with E-state index in [1.54, 1.807) is 0 Å². The zero-order valence-corrected chi connectivity index (χ0v) is 19.2. The highest BCUT2D eigenvalue weighted by atomic mass is 16.6. The summed E-state index contributed by atoms with van der Waals surface area (Å²) in [6.45, 7) is 3.24. The molecule has 1 aliphatic heterocycles. The molecule has 3 fully saturated rings. The molecule has 0 saturated heterocycles. The molecule has 1 aromatic rings. The fourth-order valence-corrected chi connectivity index (χ4v) is 7.92. The second-order valence-corrected chi connectivity index (χ2v) is 11.1. The Hall–Kier alpha value is -2.29. The molecule has 5 nitrogen and oxygen atoms in total. The van der Waals surface area contributed by atoms with Gasteiger partial charge in [-0.25, -0.2) is 0 Å². The number of aliphatic hydroxyl groups is 2. The van der Waals surface area contributed by atoms with Gasteiger partial charge in [0, 0.05) is 24.2 Å². The van der Waals surface area contributed by atoms with Crippen molar-refractivity contribution in [1.82, 2.24) is 0 Å². The van der Waals surface area contributed by atoms with E-state index < -0.39 is 16.6 Å². The largest absolute Gasteiger partial charge is 0.486 e. The minimum atomic E-state index is -1.13. The first-order chi connectivity index (χ1) is 15.8. The summed E-state index contributed by atoms with van der Waals surface area (Å²) < 4.78 is 11.6. The van der Waals surface area contributed by atoms with Crippen LogP contribution in [0, 0.1) is 29.6 Å². The number of terminal acetylenes is 1. The predicted molar refractivity (Wildman–Crippen MR) is 123 cm³/mol.